The van der Waals surface area contributed by atoms with Crippen LogP contribution in [0, 0.1) is 23.2 Å². The number of aliphatic hydroxyl groups excluding tert-OH is 3. The third-order valence-corrected chi connectivity index (χ3v) is 5.83. The van der Waals surface area contributed by atoms with Crippen molar-refractivity contribution in [2.24, 2.45) is 23.2 Å². The number of ether oxygens (including phenoxy) is 1. The highest BCUT2D eigenvalue weighted by atomic mass is 16.6. The summed E-state index contributed by atoms with van der Waals surface area (Å²) in [6.07, 6.45) is -1.92. The van der Waals surface area contributed by atoms with E-state index in [0.29, 0.717) is 6.42 Å². The molecule has 3 N–H and O–H groups in total. The molecule has 5 nitrogen and oxygen atoms in total. The molecule has 0 aromatic carbocycles. The number of carbonyl (C=O) groups excluding carboxylic acids is 1. The zero-order chi connectivity index (χ0) is 14.8. The average Bonchev–Trinajstić information content (AvgIpc) is 2.72. The Morgan fingerprint density at radius 2 is 1.95 bits per heavy atom. The quantitative estimate of drug-likeness (QED) is 0.437. The number of carbonyl (C=O) groups is 1. The molecule has 20 heavy (non-hydrogen) atoms. The lowest BCUT2D eigenvalue weighted by molar-refractivity contribution is -0.140. The Morgan fingerprint density at radius 1 is 1.30 bits per heavy atom. The summed E-state index contributed by atoms with van der Waals surface area (Å²) < 4.78 is 5.32. The summed E-state index contributed by atoms with van der Waals surface area (Å²) in [7, 11) is 0. The molecule has 5 heteroatoms. The van der Waals surface area contributed by atoms with Crippen molar-refractivity contribution >= 4 is 5.97 Å². The highest BCUT2D eigenvalue weighted by Gasteiger charge is 2.63. The van der Waals surface area contributed by atoms with E-state index in [0.717, 1.165) is 0 Å². The summed E-state index contributed by atoms with van der Waals surface area (Å²) in [5.74, 6) is -1.10. The average molecular weight is 282 g/mol. The van der Waals surface area contributed by atoms with Crippen LogP contribution in [-0.2, 0) is 9.53 Å². The number of aliphatic hydroxyl groups is 3. The Balaban J connectivity index is 2.06. The Kier molecular flexibility index (Phi) is 3.01. The number of hydrogen-bond donors (Lipinski definition) is 3. The fraction of sp³-hybridized carbons (Fsp3) is 0.800. The molecule has 0 amide bonds. The van der Waals surface area contributed by atoms with Gasteiger partial charge in [-0.15, -0.1) is 0 Å². The first kappa shape index (κ1) is 14.0. The van der Waals surface area contributed by atoms with Crippen LogP contribution in [0.25, 0.3) is 0 Å². The minimum atomic E-state index is -0.937. The van der Waals surface area contributed by atoms with Gasteiger partial charge >= 0.3 is 5.97 Å². The Morgan fingerprint density at radius 3 is 2.60 bits per heavy atom. The SMILES string of the molecule is C=C1C(=O)O[C@@H]2C[C@@H](C)[C@@H]3[C@@H](O)C[C@@H](O)[C@@]3(C)[C@@H](O)[C@@H]12. The van der Waals surface area contributed by atoms with Crippen molar-refractivity contribution in [3.63, 3.8) is 0 Å². The zero-order valence-corrected chi connectivity index (χ0v) is 11.8. The molecule has 112 valence electrons. The summed E-state index contributed by atoms with van der Waals surface area (Å²) >= 11 is 0. The van der Waals surface area contributed by atoms with E-state index in [1.165, 1.54) is 0 Å². The summed E-state index contributed by atoms with van der Waals surface area (Å²) in [6.45, 7) is 7.53. The standard InChI is InChI=1S/C15H22O5/c1-6-4-9-11(7(2)14(19)20-9)13(18)15(3)10(17)5-8(16)12(6)15/h6,8-13,16-18H,2,4-5H2,1,3H3/t6-,8+,9-,10-,11+,12-,13+,15-/m1/s1. The lowest BCUT2D eigenvalue weighted by Crippen LogP contribution is -2.49. The first-order valence-corrected chi connectivity index (χ1v) is 7.22. The second kappa shape index (κ2) is 4.29. The van der Waals surface area contributed by atoms with Gasteiger partial charge in [-0.25, -0.2) is 4.79 Å². The van der Waals surface area contributed by atoms with Crippen molar-refractivity contribution in [3.05, 3.63) is 12.2 Å². The summed E-state index contributed by atoms with van der Waals surface area (Å²) in [5, 5.41) is 31.4. The van der Waals surface area contributed by atoms with Crippen molar-refractivity contribution in [3.8, 4) is 0 Å². The van der Waals surface area contributed by atoms with Gasteiger partial charge in [-0.2, -0.15) is 0 Å². The van der Waals surface area contributed by atoms with Gasteiger partial charge < -0.3 is 20.1 Å². The van der Waals surface area contributed by atoms with E-state index >= 15 is 0 Å². The van der Waals surface area contributed by atoms with E-state index in [4.69, 9.17) is 4.74 Å². The van der Waals surface area contributed by atoms with Gasteiger partial charge in [0, 0.05) is 17.4 Å². The van der Waals surface area contributed by atoms with E-state index in [1.54, 1.807) is 6.92 Å². The molecule has 0 bridgehead atoms. The maximum absolute atomic E-state index is 11.7. The maximum atomic E-state index is 11.7. The first-order valence-electron chi connectivity index (χ1n) is 7.22. The number of rotatable bonds is 0. The van der Waals surface area contributed by atoms with Gasteiger partial charge in [0.2, 0.25) is 0 Å². The number of esters is 1. The van der Waals surface area contributed by atoms with Crippen LogP contribution in [0.4, 0.5) is 0 Å². The normalized spacial score (nSPS) is 55.1. The molecule has 0 radical (unpaired) electrons. The molecule has 1 heterocycles. The largest absolute Gasteiger partial charge is 0.458 e. The first-order chi connectivity index (χ1) is 9.28. The third-order valence-electron chi connectivity index (χ3n) is 5.83. The lowest BCUT2D eigenvalue weighted by Gasteiger charge is -2.41. The minimum absolute atomic E-state index is 0.0514. The summed E-state index contributed by atoms with van der Waals surface area (Å²) in [4.78, 5) is 11.7. The summed E-state index contributed by atoms with van der Waals surface area (Å²) in [6, 6.07) is 0. The molecule has 2 saturated carbocycles. The van der Waals surface area contributed by atoms with Crippen LogP contribution < -0.4 is 0 Å². The van der Waals surface area contributed by atoms with Gasteiger partial charge in [-0.05, 0) is 18.3 Å². The smallest absolute Gasteiger partial charge is 0.334 e. The van der Waals surface area contributed by atoms with E-state index in [1.807, 2.05) is 6.92 Å². The molecule has 1 aliphatic heterocycles. The van der Waals surface area contributed by atoms with Crippen LogP contribution in [0.5, 0.6) is 0 Å². The van der Waals surface area contributed by atoms with E-state index in [9.17, 15) is 20.1 Å². The predicted octanol–water partition coefficient (Wildman–Crippen LogP) is 0.233. The molecule has 3 rings (SSSR count). The Bertz CT molecular complexity index is 461. The topological polar surface area (TPSA) is 87.0 Å². The molecule has 3 fully saturated rings. The van der Waals surface area contributed by atoms with Crippen molar-refractivity contribution in [1.82, 2.24) is 0 Å². The van der Waals surface area contributed by atoms with E-state index in [2.05, 4.69) is 6.58 Å². The molecular weight excluding hydrogens is 260 g/mol. The van der Waals surface area contributed by atoms with Crippen LogP contribution in [-0.4, -0.2) is 45.7 Å². The van der Waals surface area contributed by atoms with Crippen LogP contribution >= 0.6 is 0 Å². The molecule has 0 aromatic heterocycles. The van der Waals surface area contributed by atoms with E-state index < -0.39 is 41.7 Å². The van der Waals surface area contributed by atoms with Gasteiger partial charge in [-0.3, -0.25) is 0 Å². The van der Waals surface area contributed by atoms with Crippen molar-refractivity contribution < 1.29 is 24.9 Å². The highest BCUT2D eigenvalue weighted by Crippen LogP contribution is 2.56. The second-order valence-corrected chi connectivity index (χ2v) is 6.86. The van der Waals surface area contributed by atoms with Gasteiger partial charge in [0.25, 0.3) is 0 Å². The van der Waals surface area contributed by atoms with Crippen LogP contribution in [0.1, 0.15) is 26.7 Å². The maximum Gasteiger partial charge on any atom is 0.334 e. The minimum Gasteiger partial charge on any atom is -0.458 e. The second-order valence-electron chi connectivity index (χ2n) is 6.86. The lowest BCUT2D eigenvalue weighted by atomic mass is 9.67. The van der Waals surface area contributed by atoms with Crippen LogP contribution in [0.2, 0.25) is 0 Å². The van der Waals surface area contributed by atoms with Gasteiger partial charge in [-0.1, -0.05) is 20.4 Å². The monoisotopic (exact) mass is 282 g/mol. The van der Waals surface area contributed by atoms with Crippen molar-refractivity contribution in [1.29, 1.82) is 0 Å². The molecular formula is C15H22O5. The highest BCUT2D eigenvalue weighted by molar-refractivity contribution is 5.91. The molecule has 2 aliphatic carbocycles. The van der Waals surface area contributed by atoms with Crippen LogP contribution in [0.15, 0.2) is 12.2 Å². The van der Waals surface area contributed by atoms with Gasteiger partial charge in [0.15, 0.2) is 0 Å². The predicted molar refractivity (Wildman–Crippen MR) is 70.5 cm³/mol. The zero-order valence-electron chi connectivity index (χ0n) is 11.8. The van der Waals surface area contributed by atoms with Crippen molar-refractivity contribution in [2.45, 2.75) is 51.1 Å². The Labute approximate surface area is 118 Å². The fourth-order valence-corrected chi connectivity index (χ4v) is 4.79. The van der Waals surface area contributed by atoms with Crippen molar-refractivity contribution in [2.75, 3.05) is 0 Å². The van der Waals surface area contributed by atoms with Gasteiger partial charge in [0.05, 0.1) is 24.2 Å². The molecule has 0 spiro atoms. The van der Waals surface area contributed by atoms with Crippen LogP contribution in [0.3, 0.4) is 0 Å². The molecule has 8 atom stereocenters. The third kappa shape index (κ3) is 1.57. The molecule has 0 aromatic rings. The molecule has 0 unspecified atom stereocenters. The molecule has 3 aliphatic rings. The Hall–Kier alpha value is -0.910. The van der Waals surface area contributed by atoms with E-state index in [-0.39, 0.29) is 23.8 Å². The number of fused-ring (bicyclic) bond motifs is 2. The molecule has 1 saturated heterocycles. The fourth-order valence-electron chi connectivity index (χ4n) is 4.79. The number of hydrogen-bond acceptors (Lipinski definition) is 5. The summed E-state index contributed by atoms with van der Waals surface area (Å²) in [5.41, 5.74) is -0.556. The van der Waals surface area contributed by atoms with Gasteiger partial charge in [0.1, 0.15) is 6.10 Å².